The van der Waals surface area contributed by atoms with E-state index in [0.29, 0.717) is 19.2 Å². The summed E-state index contributed by atoms with van der Waals surface area (Å²) in [6, 6.07) is 2.28. The van der Waals surface area contributed by atoms with Crippen LogP contribution in [0, 0.1) is 12.8 Å². The first-order valence-corrected chi connectivity index (χ1v) is 7.01. The molecule has 1 fully saturated rings. The summed E-state index contributed by atoms with van der Waals surface area (Å²) in [5.41, 5.74) is 0.893. The van der Waals surface area contributed by atoms with Crippen LogP contribution in [0.3, 0.4) is 0 Å². The number of carbonyl (C=O) groups is 1. The Kier molecular flexibility index (Phi) is 4.96. The first kappa shape index (κ1) is 14.1. The van der Waals surface area contributed by atoms with Crippen LogP contribution in [-0.4, -0.2) is 23.8 Å². The maximum atomic E-state index is 11.7. The Balaban J connectivity index is 1.79. The Morgan fingerprint density at radius 2 is 2.42 bits per heavy atom. The highest BCUT2D eigenvalue weighted by Gasteiger charge is 2.28. The molecule has 0 amide bonds. The van der Waals surface area contributed by atoms with Crippen molar-refractivity contribution in [3.05, 3.63) is 17.5 Å². The first-order chi connectivity index (χ1) is 9.19. The van der Waals surface area contributed by atoms with Gasteiger partial charge in [0.2, 0.25) is 0 Å². The Morgan fingerprint density at radius 1 is 1.58 bits per heavy atom. The lowest BCUT2D eigenvalue weighted by atomic mass is 9.85. The zero-order chi connectivity index (χ0) is 13.7. The third kappa shape index (κ3) is 4.06. The molecule has 0 saturated heterocycles. The fraction of sp³-hybridized carbons (Fsp3) is 0.714. The van der Waals surface area contributed by atoms with E-state index in [4.69, 9.17) is 9.26 Å². The van der Waals surface area contributed by atoms with Crippen LogP contribution in [-0.2, 0) is 16.1 Å². The van der Waals surface area contributed by atoms with Crippen LogP contribution in [0.4, 0.5) is 0 Å². The minimum absolute atomic E-state index is 0.0441. The number of aromatic nitrogens is 1. The number of rotatable bonds is 5. The monoisotopic (exact) mass is 266 g/mol. The van der Waals surface area contributed by atoms with Gasteiger partial charge >= 0.3 is 5.97 Å². The molecule has 0 aliphatic heterocycles. The third-order valence-corrected chi connectivity index (χ3v) is 3.54. The predicted octanol–water partition coefficient (Wildman–Crippen LogP) is 2.19. The van der Waals surface area contributed by atoms with Gasteiger partial charge in [0.05, 0.1) is 24.8 Å². The van der Waals surface area contributed by atoms with Crippen molar-refractivity contribution in [2.24, 2.45) is 5.92 Å². The molecule has 0 bridgehead atoms. The summed E-state index contributed by atoms with van der Waals surface area (Å²) in [7, 11) is 0. The molecule has 1 saturated carbocycles. The number of nitrogens with one attached hydrogen (secondary N) is 1. The molecule has 2 atom stereocenters. The number of nitrogens with zero attached hydrogens (tertiary/aromatic N) is 1. The van der Waals surface area contributed by atoms with E-state index in [9.17, 15) is 4.79 Å². The van der Waals surface area contributed by atoms with Crippen molar-refractivity contribution in [2.75, 3.05) is 6.61 Å². The molecule has 2 rings (SSSR count). The Hall–Kier alpha value is -1.36. The van der Waals surface area contributed by atoms with Crippen LogP contribution >= 0.6 is 0 Å². The van der Waals surface area contributed by atoms with Crippen molar-refractivity contribution in [1.29, 1.82) is 0 Å². The van der Waals surface area contributed by atoms with E-state index in [2.05, 4.69) is 10.5 Å². The minimum Gasteiger partial charge on any atom is -0.466 e. The molecular weight excluding hydrogens is 244 g/mol. The van der Waals surface area contributed by atoms with E-state index in [1.165, 1.54) is 0 Å². The van der Waals surface area contributed by atoms with E-state index in [-0.39, 0.29) is 11.9 Å². The van der Waals surface area contributed by atoms with Crippen molar-refractivity contribution in [3.63, 3.8) is 0 Å². The first-order valence-electron chi connectivity index (χ1n) is 7.01. The zero-order valence-electron chi connectivity index (χ0n) is 11.6. The van der Waals surface area contributed by atoms with E-state index >= 15 is 0 Å². The van der Waals surface area contributed by atoms with Gasteiger partial charge in [0.1, 0.15) is 0 Å². The second-order valence-electron chi connectivity index (χ2n) is 5.13. The number of hydrogen-bond acceptors (Lipinski definition) is 5. The largest absolute Gasteiger partial charge is 0.466 e. The summed E-state index contributed by atoms with van der Waals surface area (Å²) in [6.45, 7) is 4.89. The predicted molar refractivity (Wildman–Crippen MR) is 70.5 cm³/mol. The quantitative estimate of drug-likeness (QED) is 0.828. The standard InChI is InChI=1S/C14H22N2O3/c1-3-18-14(17)11-5-4-6-12(8-11)15-9-13-7-10(2)16-19-13/h7,11-12,15H,3-6,8-9H2,1-2H3. The number of hydrogen-bond donors (Lipinski definition) is 1. The molecule has 19 heavy (non-hydrogen) atoms. The summed E-state index contributed by atoms with van der Waals surface area (Å²) in [5, 5.41) is 7.30. The second kappa shape index (κ2) is 6.70. The number of esters is 1. The van der Waals surface area contributed by atoms with Crippen molar-refractivity contribution in [2.45, 2.75) is 52.1 Å². The van der Waals surface area contributed by atoms with Crippen LogP contribution in [0.2, 0.25) is 0 Å². The molecule has 5 nitrogen and oxygen atoms in total. The molecule has 1 N–H and O–H groups in total. The van der Waals surface area contributed by atoms with Crippen molar-refractivity contribution in [1.82, 2.24) is 10.5 Å². The Morgan fingerprint density at radius 3 is 3.11 bits per heavy atom. The fourth-order valence-electron chi connectivity index (χ4n) is 2.59. The molecular formula is C14H22N2O3. The van der Waals surface area contributed by atoms with Gasteiger partial charge in [-0.2, -0.15) is 0 Å². The molecule has 0 spiro atoms. The van der Waals surface area contributed by atoms with Crippen LogP contribution in [0.15, 0.2) is 10.6 Å². The molecule has 1 heterocycles. The zero-order valence-corrected chi connectivity index (χ0v) is 11.6. The molecule has 1 aliphatic carbocycles. The highest BCUT2D eigenvalue weighted by atomic mass is 16.5. The average Bonchev–Trinajstić information content (AvgIpc) is 2.83. The summed E-state index contributed by atoms with van der Waals surface area (Å²) in [6.07, 6.45) is 3.96. The lowest BCUT2D eigenvalue weighted by Crippen LogP contribution is -2.36. The van der Waals surface area contributed by atoms with Gasteiger partial charge in [-0.15, -0.1) is 0 Å². The summed E-state index contributed by atoms with van der Waals surface area (Å²) < 4.78 is 10.3. The van der Waals surface area contributed by atoms with Crippen molar-refractivity contribution >= 4 is 5.97 Å². The maximum absolute atomic E-state index is 11.7. The maximum Gasteiger partial charge on any atom is 0.308 e. The Bertz CT molecular complexity index is 417. The van der Waals surface area contributed by atoms with Crippen molar-refractivity contribution in [3.8, 4) is 0 Å². The SMILES string of the molecule is CCOC(=O)C1CCCC(NCc2cc(C)no2)C1. The van der Waals surface area contributed by atoms with E-state index in [1.807, 2.05) is 19.9 Å². The number of ether oxygens (including phenoxy) is 1. The molecule has 2 unspecified atom stereocenters. The lowest BCUT2D eigenvalue weighted by molar-refractivity contribution is -0.149. The van der Waals surface area contributed by atoms with E-state index in [1.54, 1.807) is 0 Å². The lowest BCUT2D eigenvalue weighted by Gasteiger charge is -2.28. The molecule has 0 aromatic carbocycles. The summed E-state index contributed by atoms with van der Waals surface area (Å²) >= 11 is 0. The number of aryl methyl sites for hydroxylation is 1. The van der Waals surface area contributed by atoms with Gasteiger partial charge in [0, 0.05) is 12.1 Å². The van der Waals surface area contributed by atoms with Gasteiger partial charge in [-0.3, -0.25) is 4.79 Å². The second-order valence-corrected chi connectivity index (χ2v) is 5.13. The molecule has 1 aliphatic rings. The van der Waals surface area contributed by atoms with Gasteiger partial charge in [-0.25, -0.2) is 0 Å². The molecule has 106 valence electrons. The van der Waals surface area contributed by atoms with E-state index < -0.39 is 0 Å². The Labute approximate surface area is 113 Å². The third-order valence-electron chi connectivity index (χ3n) is 3.54. The normalized spacial score (nSPS) is 23.3. The van der Waals surface area contributed by atoms with Gasteiger partial charge in [0.15, 0.2) is 5.76 Å². The average molecular weight is 266 g/mol. The van der Waals surface area contributed by atoms with Crippen LogP contribution in [0.1, 0.15) is 44.1 Å². The molecule has 5 heteroatoms. The molecule has 0 radical (unpaired) electrons. The molecule has 1 aromatic heterocycles. The fourth-order valence-corrected chi connectivity index (χ4v) is 2.59. The minimum atomic E-state index is -0.0514. The smallest absolute Gasteiger partial charge is 0.308 e. The van der Waals surface area contributed by atoms with Gasteiger partial charge in [-0.05, 0) is 33.1 Å². The van der Waals surface area contributed by atoms with Crippen molar-refractivity contribution < 1.29 is 14.1 Å². The van der Waals surface area contributed by atoms with Gasteiger partial charge in [0.25, 0.3) is 0 Å². The highest BCUT2D eigenvalue weighted by molar-refractivity contribution is 5.72. The highest BCUT2D eigenvalue weighted by Crippen LogP contribution is 2.25. The van der Waals surface area contributed by atoms with Crippen LogP contribution in [0.5, 0.6) is 0 Å². The van der Waals surface area contributed by atoms with Gasteiger partial charge in [-0.1, -0.05) is 11.6 Å². The topological polar surface area (TPSA) is 64.4 Å². The van der Waals surface area contributed by atoms with Gasteiger partial charge < -0.3 is 14.6 Å². The molecule has 1 aromatic rings. The van der Waals surface area contributed by atoms with Crippen LogP contribution in [0.25, 0.3) is 0 Å². The summed E-state index contributed by atoms with van der Waals surface area (Å²) in [4.78, 5) is 11.7. The number of carbonyl (C=O) groups excluding carboxylic acids is 1. The van der Waals surface area contributed by atoms with Crippen LogP contribution < -0.4 is 5.32 Å². The van der Waals surface area contributed by atoms with E-state index in [0.717, 1.165) is 37.1 Å². The summed E-state index contributed by atoms with van der Waals surface area (Å²) in [5.74, 6) is 0.836.